The second kappa shape index (κ2) is 6.39. The Bertz CT molecular complexity index is 461. The molecule has 1 rings (SSSR count). The fourth-order valence-electron chi connectivity index (χ4n) is 1.41. The summed E-state index contributed by atoms with van der Waals surface area (Å²) in [6, 6.07) is 4.41. The second-order valence-electron chi connectivity index (χ2n) is 3.76. The molecule has 1 aromatic rings. The SMILES string of the molecule is COc1ccc(Br)cc1CC(=O)NC(C)C(=O)O. The predicted molar refractivity (Wildman–Crippen MR) is 69.6 cm³/mol. The van der Waals surface area contributed by atoms with Gasteiger partial charge in [0.1, 0.15) is 11.8 Å². The van der Waals surface area contributed by atoms with E-state index in [1.54, 1.807) is 18.2 Å². The number of hydrogen-bond acceptors (Lipinski definition) is 3. The van der Waals surface area contributed by atoms with Crippen LogP contribution in [-0.4, -0.2) is 30.1 Å². The molecule has 6 heteroatoms. The lowest BCUT2D eigenvalue weighted by atomic mass is 10.1. The van der Waals surface area contributed by atoms with Crippen molar-refractivity contribution in [1.29, 1.82) is 0 Å². The van der Waals surface area contributed by atoms with Crippen LogP contribution in [0.25, 0.3) is 0 Å². The van der Waals surface area contributed by atoms with Gasteiger partial charge in [-0.3, -0.25) is 9.59 Å². The quantitative estimate of drug-likeness (QED) is 0.865. The van der Waals surface area contributed by atoms with E-state index in [0.717, 1.165) is 4.47 Å². The molecular weight excluding hydrogens is 302 g/mol. The van der Waals surface area contributed by atoms with Crippen molar-refractivity contribution in [2.75, 3.05) is 7.11 Å². The van der Waals surface area contributed by atoms with Gasteiger partial charge in [0, 0.05) is 10.0 Å². The maximum Gasteiger partial charge on any atom is 0.325 e. The smallest absolute Gasteiger partial charge is 0.325 e. The number of aliphatic carboxylic acids is 1. The predicted octanol–water partition coefficient (Wildman–Crippen LogP) is 1.59. The normalized spacial score (nSPS) is 11.7. The topological polar surface area (TPSA) is 75.6 Å². The van der Waals surface area contributed by atoms with Crippen LogP contribution in [0.15, 0.2) is 22.7 Å². The van der Waals surface area contributed by atoms with Crippen molar-refractivity contribution in [3.05, 3.63) is 28.2 Å². The van der Waals surface area contributed by atoms with Crippen molar-refractivity contribution < 1.29 is 19.4 Å². The number of amides is 1. The Morgan fingerprint density at radius 2 is 2.17 bits per heavy atom. The summed E-state index contributed by atoms with van der Waals surface area (Å²) in [5.41, 5.74) is 0.696. The van der Waals surface area contributed by atoms with Gasteiger partial charge in [0.05, 0.1) is 13.5 Å². The largest absolute Gasteiger partial charge is 0.496 e. The Morgan fingerprint density at radius 3 is 2.72 bits per heavy atom. The summed E-state index contributed by atoms with van der Waals surface area (Å²) in [4.78, 5) is 22.3. The van der Waals surface area contributed by atoms with Gasteiger partial charge in [-0.05, 0) is 25.1 Å². The number of benzene rings is 1. The van der Waals surface area contributed by atoms with Crippen molar-refractivity contribution >= 4 is 27.8 Å². The first-order chi connectivity index (χ1) is 8.43. The molecule has 0 radical (unpaired) electrons. The highest BCUT2D eigenvalue weighted by molar-refractivity contribution is 9.10. The van der Waals surface area contributed by atoms with Gasteiger partial charge in [-0.1, -0.05) is 15.9 Å². The van der Waals surface area contributed by atoms with E-state index in [1.807, 2.05) is 0 Å². The van der Waals surface area contributed by atoms with Crippen LogP contribution >= 0.6 is 15.9 Å². The highest BCUT2D eigenvalue weighted by Gasteiger charge is 2.15. The van der Waals surface area contributed by atoms with E-state index < -0.39 is 12.0 Å². The molecule has 0 aliphatic carbocycles. The molecule has 0 aliphatic rings. The molecule has 0 bridgehead atoms. The minimum absolute atomic E-state index is 0.0697. The summed E-state index contributed by atoms with van der Waals surface area (Å²) in [6.07, 6.45) is 0.0697. The van der Waals surface area contributed by atoms with Crippen LogP contribution in [0.3, 0.4) is 0 Å². The number of rotatable bonds is 5. The van der Waals surface area contributed by atoms with Gasteiger partial charge in [-0.2, -0.15) is 0 Å². The van der Waals surface area contributed by atoms with Crippen LogP contribution < -0.4 is 10.1 Å². The molecule has 5 nitrogen and oxygen atoms in total. The summed E-state index contributed by atoms with van der Waals surface area (Å²) >= 11 is 3.31. The second-order valence-corrected chi connectivity index (χ2v) is 4.68. The van der Waals surface area contributed by atoms with E-state index >= 15 is 0 Å². The molecular formula is C12H14BrNO4. The lowest BCUT2D eigenvalue weighted by molar-refractivity contribution is -0.141. The third-order valence-corrected chi connectivity index (χ3v) is 2.83. The van der Waals surface area contributed by atoms with Crippen molar-refractivity contribution in [3.8, 4) is 5.75 Å². The van der Waals surface area contributed by atoms with Crippen LogP contribution in [0.1, 0.15) is 12.5 Å². The molecule has 0 saturated carbocycles. The van der Waals surface area contributed by atoms with Gasteiger partial charge in [0.15, 0.2) is 0 Å². The third-order valence-electron chi connectivity index (χ3n) is 2.34. The first kappa shape index (κ1) is 14.5. The van der Waals surface area contributed by atoms with Crippen LogP contribution in [-0.2, 0) is 16.0 Å². The molecule has 1 aromatic carbocycles. The number of ether oxygens (including phenoxy) is 1. The number of hydrogen-bond donors (Lipinski definition) is 2. The van der Waals surface area contributed by atoms with Crippen molar-refractivity contribution in [3.63, 3.8) is 0 Å². The zero-order chi connectivity index (χ0) is 13.7. The average Bonchev–Trinajstić information content (AvgIpc) is 2.28. The van der Waals surface area contributed by atoms with E-state index in [4.69, 9.17) is 9.84 Å². The number of carbonyl (C=O) groups excluding carboxylic acids is 1. The van der Waals surface area contributed by atoms with Gasteiger partial charge in [0.25, 0.3) is 0 Å². The maximum atomic E-state index is 11.7. The first-order valence-corrected chi connectivity index (χ1v) is 6.08. The molecule has 0 aromatic heterocycles. The molecule has 0 spiro atoms. The zero-order valence-electron chi connectivity index (χ0n) is 10.1. The molecule has 1 atom stereocenters. The minimum Gasteiger partial charge on any atom is -0.496 e. The molecule has 1 unspecified atom stereocenters. The van der Waals surface area contributed by atoms with E-state index in [2.05, 4.69) is 21.2 Å². The monoisotopic (exact) mass is 315 g/mol. The minimum atomic E-state index is -1.07. The number of methoxy groups -OCH3 is 1. The molecule has 2 N–H and O–H groups in total. The molecule has 0 fully saturated rings. The lowest BCUT2D eigenvalue weighted by Gasteiger charge is -2.11. The van der Waals surface area contributed by atoms with Gasteiger partial charge < -0.3 is 15.2 Å². The number of carbonyl (C=O) groups is 2. The van der Waals surface area contributed by atoms with E-state index in [9.17, 15) is 9.59 Å². The Balaban J connectivity index is 2.75. The van der Waals surface area contributed by atoms with E-state index in [-0.39, 0.29) is 12.3 Å². The molecule has 18 heavy (non-hydrogen) atoms. The van der Waals surface area contributed by atoms with Crippen LogP contribution in [0.5, 0.6) is 5.75 Å². The Labute approximate surface area is 113 Å². The Hall–Kier alpha value is -1.56. The van der Waals surface area contributed by atoms with Crippen LogP contribution in [0.4, 0.5) is 0 Å². The molecule has 1 amide bonds. The van der Waals surface area contributed by atoms with Crippen molar-refractivity contribution in [1.82, 2.24) is 5.32 Å². The summed E-state index contributed by atoms with van der Waals surface area (Å²) in [5, 5.41) is 11.1. The van der Waals surface area contributed by atoms with Crippen molar-refractivity contribution in [2.24, 2.45) is 0 Å². The molecule has 0 saturated heterocycles. The molecule has 0 aliphatic heterocycles. The summed E-state index contributed by atoms with van der Waals surface area (Å²) < 4.78 is 5.97. The van der Waals surface area contributed by atoms with Crippen LogP contribution in [0.2, 0.25) is 0 Å². The molecule has 98 valence electrons. The van der Waals surface area contributed by atoms with Gasteiger partial charge >= 0.3 is 5.97 Å². The lowest BCUT2D eigenvalue weighted by Crippen LogP contribution is -2.39. The molecule has 0 heterocycles. The standard InChI is InChI=1S/C12H14BrNO4/c1-7(12(16)17)14-11(15)6-8-5-9(13)3-4-10(8)18-2/h3-5,7H,6H2,1-2H3,(H,14,15)(H,16,17). The highest BCUT2D eigenvalue weighted by atomic mass is 79.9. The first-order valence-electron chi connectivity index (χ1n) is 5.28. The van der Waals surface area contributed by atoms with E-state index in [1.165, 1.54) is 14.0 Å². The fourth-order valence-corrected chi connectivity index (χ4v) is 1.82. The van der Waals surface area contributed by atoms with Crippen LogP contribution in [0, 0.1) is 0 Å². The Kier molecular flexibility index (Phi) is 5.15. The zero-order valence-corrected chi connectivity index (χ0v) is 11.7. The number of carboxylic acid groups (broad SMARTS) is 1. The third kappa shape index (κ3) is 4.03. The van der Waals surface area contributed by atoms with E-state index in [0.29, 0.717) is 11.3 Å². The van der Waals surface area contributed by atoms with Gasteiger partial charge in [-0.15, -0.1) is 0 Å². The summed E-state index contributed by atoms with van der Waals surface area (Å²) in [5.74, 6) is -0.831. The average molecular weight is 316 g/mol. The number of nitrogens with one attached hydrogen (secondary N) is 1. The highest BCUT2D eigenvalue weighted by Crippen LogP contribution is 2.23. The fraction of sp³-hybridized carbons (Fsp3) is 0.333. The Morgan fingerprint density at radius 1 is 1.50 bits per heavy atom. The summed E-state index contributed by atoms with van der Waals surface area (Å²) in [7, 11) is 1.52. The maximum absolute atomic E-state index is 11.7. The van der Waals surface area contributed by atoms with Crippen molar-refractivity contribution in [2.45, 2.75) is 19.4 Å². The van der Waals surface area contributed by atoms with Gasteiger partial charge in [0.2, 0.25) is 5.91 Å². The number of halogens is 1. The number of carboxylic acids is 1. The van der Waals surface area contributed by atoms with Gasteiger partial charge in [-0.25, -0.2) is 0 Å². The summed E-state index contributed by atoms with van der Waals surface area (Å²) in [6.45, 7) is 1.42.